The summed E-state index contributed by atoms with van der Waals surface area (Å²) in [4.78, 5) is 18.2. The zero-order chi connectivity index (χ0) is 20.3. The lowest BCUT2D eigenvalue weighted by atomic mass is 10.2. The van der Waals surface area contributed by atoms with Gasteiger partial charge in [-0.25, -0.2) is 4.98 Å². The predicted octanol–water partition coefficient (Wildman–Crippen LogP) is 6.82. The molecule has 0 spiro atoms. The molecule has 2 aromatic carbocycles. The monoisotopic (exact) mass is 435 g/mol. The normalized spacial score (nSPS) is 11.3. The van der Waals surface area contributed by atoms with Crippen LogP contribution in [0.25, 0.3) is 10.2 Å². The van der Waals surface area contributed by atoms with Gasteiger partial charge in [-0.2, -0.15) is 0 Å². The molecular weight excluding hydrogens is 417 g/mol. The van der Waals surface area contributed by atoms with Gasteiger partial charge >= 0.3 is 0 Å². The number of benzene rings is 2. The SMILES string of the molecule is CCN(CC)c1ccc(N=Nc2nc3cc(Cl)c(Cl)cc3s2)c(NC(C)=O)c1. The van der Waals surface area contributed by atoms with Gasteiger partial charge in [-0.3, -0.25) is 4.79 Å². The molecule has 0 saturated carbocycles. The minimum Gasteiger partial charge on any atom is -0.372 e. The third kappa shape index (κ3) is 4.60. The van der Waals surface area contributed by atoms with E-state index in [9.17, 15) is 4.79 Å². The van der Waals surface area contributed by atoms with Crippen molar-refractivity contribution in [2.45, 2.75) is 20.8 Å². The third-order valence-electron chi connectivity index (χ3n) is 4.08. The van der Waals surface area contributed by atoms with E-state index in [0.717, 1.165) is 23.5 Å². The van der Waals surface area contributed by atoms with Gasteiger partial charge in [0.25, 0.3) is 0 Å². The summed E-state index contributed by atoms with van der Waals surface area (Å²) in [6.45, 7) is 7.37. The topological polar surface area (TPSA) is 70.0 Å². The molecule has 0 aliphatic rings. The van der Waals surface area contributed by atoms with Gasteiger partial charge in [0.05, 0.1) is 25.9 Å². The summed E-state index contributed by atoms with van der Waals surface area (Å²) in [6, 6.07) is 9.17. The Hall–Kier alpha value is -2.22. The van der Waals surface area contributed by atoms with E-state index in [-0.39, 0.29) is 5.91 Å². The highest BCUT2D eigenvalue weighted by Crippen LogP contribution is 2.36. The number of halogens is 2. The Bertz CT molecular complexity index is 1010. The molecule has 0 aliphatic carbocycles. The van der Waals surface area contributed by atoms with E-state index in [1.165, 1.54) is 18.3 Å². The average molecular weight is 436 g/mol. The summed E-state index contributed by atoms with van der Waals surface area (Å²) in [5.41, 5.74) is 2.89. The van der Waals surface area contributed by atoms with E-state index in [0.29, 0.717) is 32.1 Å². The van der Waals surface area contributed by atoms with Crippen molar-refractivity contribution in [2.75, 3.05) is 23.3 Å². The van der Waals surface area contributed by atoms with E-state index < -0.39 is 0 Å². The highest BCUT2D eigenvalue weighted by molar-refractivity contribution is 7.22. The van der Waals surface area contributed by atoms with Crippen molar-refractivity contribution in [1.29, 1.82) is 0 Å². The van der Waals surface area contributed by atoms with Gasteiger partial charge in [-0.05, 0) is 44.2 Å². The Morgan fingerprint density at radius 2 is 1.86 bits per heavy atom. The van der Waals surface area contributed by atoms with Crippen LogP contribution in [0.3, 0.4) is 0 Å². The number of hydrogen-bond donors (Lipinski definition) is 1. The zero-order valence-corrected chi connectivity index (χ0v) is 18.0. The lowest BCUT2D eigenvalue weighted by molar-refractivity contribution is -0.114. The molecule has 0 atom stereocenters. The Balaban J connectivity index is 1.94. The van der Waals surface area contributed by atoms with Gasteiger partial charge in [-0.15, -0.1) is 10.2 Å². The van der Waals surface area contributed by atoms with Crippen LogP contribution in [-0.2, 0) is 4.79 Å². The van der Waals surface area contributed by atoms with Crippen LogP contribution >= 0.6 is 34.5 Å². The maximum atomic E-state index is 11.6. The first-order valence-corrected chi connectivity index (χ1v) is 10.3. The highest BCUT2D eigenvalue weighted by atomic mass is 35.5. The molecule has 9 heteroatoms. The van der Waals surface area contributed by atoms with Gasteiger partial charge in [0, 0.05) is 25.7 Å². The summed E-state index contributed by atoms with van der Waals surface area (Å²) in [5, 5.41) is 12.8. The fourth-order valence-electron chi connectivity index (χ4n) is 2.74. The van der Waals surface area contributed by atoms with E-state index in [1.54, 1.807) is 12.1 Å². The van der Waals surface area contributed by atoms with Crippen LogP contribution in [0, 0.1) is 0 Å². The number of anilines is 2. The number of carbonyl (C=O) groups excluding carboxylic acids is 1. The highest BCUT2D eigenvalue weighted by Gasteiger charge is 2.10. The molecule has 1 amide bonds. The number of aromatic nitrogens is 1. The molecule has 0 radical (unpaired) electrons. The van der Waals surface area contributed by atoms with Crippen molar-refractivity contribution in [3.05, 3.63) is 40.4 Å². The van der Waals surface area contributed by atoms with E-state index in [1.807, 2.05) is 18.2 Å². The fourth-order valence-corrected chi connectivity index (χ4v) is 3.93. The fraction of sp³-hybridized carbons (Fsp3) is 0.263. The maximum absolute atomic E-state index is 11.6. The van der Waals surface area contributed by atoms with E-state index in [2.05, 4.69) is 39.3 Å². The van der Waals surface area contributed by atoms with Crippen LogP contribution in [0.4, 0.5) is 22.2 Å². The van der Waals surface area contributed by atoms with Crippen LogP contribution in [0.2, 0.25) is 10.0 Å². The maximum Gasteiger partial charge on any atom is 0.231 e. The molecule has 28 heavy (non-hydrogen) atoms. The molecule has 3 aromatic rings. The average Bonchev–Trinajstić information content (AvgIpc) is 3.03. The van der Waals surface area contributed by atoms with Gasteiger partial charge in [0.1, 0.15) is 5.69 Å². The molecule has 0 bridgehead atoms. The van der Waals surface area contributed by atoms with E-state index >= 15 is 0 Å². The second-order valence-corrected chi connectivity index (χ2v) is 7.81. The molecule has 0 saturated heterocycles. The molecule has 1 heterocycles. The number of rotatable bonds is 6. The first-order valence-electron chi connectivity index (χ1n) is 8.75. The summed E-state index contributed by atoms with van der Waals surface area (Å²) >= 11 is 13.5. The molecule has 1 aromatic heterocycles. The predicted molar refractivity (Wildman–Crippen MR) is 118 cm³/mol. The second kappa shape index (κ2) is 8.86. The quantitative estimate of drug-likeness (QED) is 0.431. The first-order chi connectivity index (χ1) is 13.4. The molecular formula is C19H19Cl2N5OS. The Morgan fingerprint density at radius 1 is 1.14 bits per heavy atom. The number of nitrogens with one attached hydrogen (secondary N) is 1. The Kier molecular flexibility index (Phi) is 6.49. The van der Waals surface area contributed by atoms with E-state index in [4.69, 9.17) is 23.2 Å². The molecule has 6 nitrogen and oxygen atoms in total. The standard InChI is InChI=1S/C19H19Cl2N5OS/c1-4-26(5-2)12-6-7-15(16(8-12)22-11(3)27)24-25-19-23-17-9-13(20)14(21)10-18(17)28-19/h6-10H,4-5H2,1-3H3,(H,22,27). The van der Waals surface area contributed by atoms with Gasteiger partial charge in [-0.1, -0.05) is 34.5 Å². The van der Waals surface area contributed by atoms with Crippen LogP contribution in [-0.4, -0.2) is 24.0 Å². The van der Waals surface area contributed by atoms with Gasteiger partial charge in [0.2, 0.25) is 11.0 Å². The lowest BCUT2D eigenvalue weighted by Gasteiger charge is -2.22. The largest absolute Gasteiger partial charge is 0.372 e. The molecule has 3 rings (SSSR count). The zero-order valence-electron chi connectivity index (χ0n) is 15.7. The van der Waals surface area contributed by atoms with Crippen molar-refractivity contribution in [1.82, 2.24) is 4.98 Å². The molecule has 0 fully saturated rings. The number of fused-ring (bicyclic) bond motifs is 1. The summed E-state index contributed by atoms with van der Waals surface area (Å²) in [6.07, 6.45) is 0. The summed E-state index contributed by atoms with van der Waals surface area (Å²) < 4.78 is 0.877. The molecule has 0 unspecified atom stereocenters. The van der Waals surface area contributed by atoms with Crippen LogP contribution in [0.15, 0.2) is 40.6 Å². The minimum absolute atomic E-state index is 0.169. The Labute approximate surface area is 177 Å². The van der Waals surface area contributed by atoms with Crippen molar-refractivity contribution >= 4 is 72.9 Å². The first kappa shape index (κ1) is 20.5. The summed E-state index contributed by atoms with van der Waals surface area (Å²) in [7, 11) is 0. The smallest absolute Gasteiger partial charge is 0.231 e. The van der Waals surface area contributed by atoms with Crippen molar-refractivity contribution in [3.8, 4) is 0 Å². The Morgan fingerprint density at radius 3 is 2.54 bits per heavy atom. The van der Waals surface area contributed by atoms with Crippen LogP contribution < -0.4 is 10.2 Å². The van der Waals surface area contributed by atoms with Crippen LogP contribution in [0.1, 0.15) is 20.8 Å². The van der Waals surface area contributed by atoms with Crippen molar-refractivity contribution < 1.29 is 4.79 Å². The number of thiazole rings is 1. The number of azo groups is 1. The molecule has 0 aliphatic heterocycles. The number of amides is 1. The second-order valence-electron chi connectivity index (χ2n) is 5.99. The molecule has 1 N–H and O–H groups in total. The molecule has 146 valence electrons. The number of nitrogens with zero attached hydrogens (tertiary/aromatic N) is 4. The number of hydrogen-bond acceptors (Lipinski definition) is 6. The third-order valence-corrected chi connectivity index (χ3v) is 5.71. The van der Waals surface area contributed by atoms with Crippen LogP contribution in [0.5, 0.6) is 0 Å². The van der Waals surface area contributed by atoms with Gasteiger partial charge < -0.3 is 10.2 Å². The van der Waals surface area contributed by atoms with Crippen molar-refractivity contribution in [2.24, 2.45) is 10.2 Å². The minimum atomic E-state index is -0.169. The summed E-state index contributed by atoms with van der Waals surface area (Å²) in [5.74, 6) is -0.169. The van der Waals surface area contributed by atoms with Crippen molar-refractivity contribution in [3.63, 3.8) is 0 Å². The lowest BCUT2D eigenvalue weighted by Crippen LogP contribution is -2.21. The van der Waals surface area contributed by atoms with Gasteiger partial charge in [0.15, 0.2) is 0 Å². The number of carbonyl (C=O) groups is 1.